The third-order valence-electron chi connectivity index (χ3n) is 2.99. The topological polar surface area (TPSA) is 24.9 Å². The number of aryl methyl sites for hydroxylation is 2. The Balaban J connectivity index is 1.94. The number of hydrogen-bond acceptors (Lipinski definition) is 4. The van der Waals surface area contributed by atoms with Gasteiger partial charge in [-0.25, -0.2) is 4.98 Å². The molecule has 2 atom stereocenters. The molecule has 18 heavy (non-hydrogen) atoms. The van der Waals surface area contributed by atoms with Crippen LogP contribution in [0.1, 0.15) is 41.0 Å². The van der Waals surface area contributed by atoms with Crippen molar-refractivity contribution in [2.45, 2.75) is 46.2 Å². The van der Waals surface area contributed by atoms with E-state index in [9.17, 15) is 0 Å². The Morgan fingerprint density at radius 3 is 2.67 bits per heavy atom. The van der Waals surface area contributed by atoms with Crippen LogP contribution >= 0.6 is 22.7 Å². The predicted molar refractivity (Wildman–Crippen MR) is 80.6 cm³/mol. The second kappa shape index (κ2) is 5.95. The zero-order valence-corrected chi connectivity index (χ0v) is 13.0. The standard InChI is InChI=1S/C14H20N2S2/c1-9(7-13-5-6-17-8-13)15-10(2)14-11(3)16-12(4)18-14/h5-6,8-10,15H,7H2,1-4H3. The van der Waals surface area contributed by atoms with Crippen molar-refractivity contribution < 1.29 is 0 Å². The van der Waals surface area contributed by atoms with Crippen LogP contribution in [0.4, 0.5) is 0 Å². The van der Waals surface area contributed by atoms with Crippen molar-refractivity contribution in [1.82, 2.24) is 10.3 Å². The first-order valence-corrected chi connectivity index (χ1v) is 8.03. The molecule has 0 aromatic carbocycles. The van der Waals surface area contributed by atoms with Gasteiger partial charge in [0.25, 0.3) is 0 Å². The number of thiazole rings is 1. The van der Waals surface area contributed by atoms with Crippen LogP contribution in [0.25, 0.3) is 0 Å². The molecule has 0 saturated heterocycles. The summed E-state index contributed by atoms with van der Waals surface area (Å²) >= 11 is 3.57. The lowest BCUT2D eigenvalue weighted by atomic mass is 10.1. The number of aromatic nitrogens is 1. The van der Waals surface area contributed by atoms with E-state index in [2.05, 4.69) is 54.8 Å². The van der Waals surface area contributed by atoms with Gasteiger partial charge in [0.1, 0.15) is 0 Å². The zero-order chi connectivity index (χ0) is 13.1. The first-order valence-electron chi connectivity index (χ1n) is 6.27. The molecule has 2 unspecified atom stereocenters. The molecule has 0 amide bonds. The molecule has 2 nitrogen and oxygen atoms in total. The van der Waals surface area contributed by atoms with Gasteiger partial charge in [0, 0.05) is 17.0 Å². The Morgan fingerprint density at radius 2 is 2.11 bits per heavy atom. The maximum absolute atomic E-state index is 4.50. The highest BCUT2D eigenvalue weighted by molar-refractivity contribution is 7.11. The van der Waals surface area contributed by atoms with Crippen molar-refractivity contribution in [2.24, 2.45) is 0 Å². The fraction of sp³-hybridized carbons (Fsp3) is 0.500. The second-order valence-electron chi connectivity index (χ2n) is 4.81. The van der Waals surface area contributed by atoms with E-state index in [1.807, 2.05) is 0 Å². The first kappa shape index (κ1) is 13.7. The van der Waals surface area contributed by atoms with E-state index in [0.29, 0.717) is 12.1 Å². The summed E-state index contributed by atoms with van der Waals surface area (Å²) in [4.78, 5) is 5.86. The Bertz CT molecular complexity index is 488. The summed E-state index contributed by atoms with van der Waals surface area (Å²) in [5.74, 6) is 0. The normalized spacial score (nSPS) is 14.7. The third-order valence-corrected chi connectivity index (χ3v) is 4.98. The molecule has 1 N–H and O–H groups in total. The zero-order valence-electron chi connectivity index (χ0n) is 11.4. The second-order valence-corrected chi connectivity index (χ2v) is 6.82. The Hall–Kier alpha value is -0.710. The van der Waals surface area contributed by atoms with Gasteiger partial charge in [-0.15, -0.1) is 11.3 Å². The molecule has 2 heterocycles. The van der Waals surface area contributed by atoms with Gasteiger partial charge in [-0.2, -0.15) is 11.3 Å². The van der Waals surface area contributed by atoms with Crippen molar-refractivity contribution in [3.8, 4) is 0 Å². The largest absolute Gasteiger partial charge is 0.307 e. The van der Waals surface area contributed by atoms with Gasteiger partial charge >= 0.3 is 0 Å². The lowest BCUT2D eigenvalue weighted by Crippen LogP contribution is -2.30. The number of thiophene rings is 1. The summed E-state index contributed by atoms with van der Waals surface area (Å²) in [7, 11) is 0. The van der Waals surface area contributed by atoms with Crippen molar-refractivity contribution in [1.29, 1.82) is 0 Å². The Labute approximate surface area is 117 Å². The minimum absolute atomic E-state index is 0.379. The monoisotopic (exact) mass is 280 g/mol. The maximum Gasteiger partial charge on any atom is 0.0900 e. The van der Waals surface area contributed by atoms with E-state index >= 15 is 0 Å². The van der Waals surface area contributed by atoms with Crippen LogP contribution in [0.5, 0.6) is 0 Å². The van der Waals surface area contributed by atoms with Crippen LogP contribution in [-0.4, -0.2) is 11.0 Å². The van der Waals surface area contributed by atoms with E-state index in [1.165, 1.54) is 16.1 Å². The minimum Gasteiger partial charge on any atom is -0.307 e. The minimum atomic E-state index is 0.379. The lowest BCUT2D eigenvalue weighted by Gasteiger charge is -2.19. The molecule has 4 heteroatoms. The van der Waals surface area contributed by atoms with Gasteiger partial charge < -0.3 is 5.32 Å². The van der Waals surface area contributed by atoms with Gasteiger partial charge in [-0.05, 0) is 56.5 Å². The molecular weight excluding hydrogens is 260 g/mol. The van der Waals surface area contributed by atoms with Gasteiger partial charge in [-0.1, -0.05) is 0 Å². The SMILES string of the molecule is Cc1nc(C)c(C(C)NC(C)Cc2ccsc2)s1. The van der Waals surface area contributed by atoms with E-state index in [-0.39, 0.29) is 0 Å². The smallest absolute Gasteiger partial charge is 0.0900 e. The summed E-state index contributed by atoms with van der Waals surface area (Å²) in [5.41, 5.74) is 2.59. The number of nitrogens with zero attached hydrogens (tertiary/aromatic N) is 1. The molecule has 0 bridgehead atoms. The van der Waals surface area contributed by atoms with Crippen LogP contribution in [0.3, 0.4) is 0 Å². The highest BCUT2D eigenvalue weighted by atomic mass is 32.1. The molecule has 2 aromatic heterocycles. The average molecular weight is 280 g/mol. The predicted octanol–water partition coefficient (Wildman–Crippen LogP) is 4.10. The summed E-state index contributed by atoms with van der Waals surface area (Å²) in [6.45, 7) is 8.64. The van der Waals surface area contributed by atoms with E-state index < -0.39 is 0 Å². The van der Waals surface area contributed by atoms with Crippen LogP contribution in [0.15, 0.2) is 16.8 Å². The average Bonchev–Trinajstić information content (AvgIpc) is 2.88. The van der Waals surface area contributed by atoms with Gasteiger partial charge in [-0.3, -0.25) is 0 Å². The number of rotatable bonds is 5. The molecule has 0 spiro atoms. The number of hydrogen-bond donors (Lipinski definition) is 1. The lowest BCUT2D eigenvalue weighted by molar-refractivity contribution is 0.480. The molecule has 0 aliphatic heterocycles. The van der Waals surface area contributed by atoms with Crippen LogP contribution in [0, 0.1) is 13.8 Å². The highest BCUT2D eigenvalue weighted by Crippen LogP contribution is 2.25. The van der Waals surface area contributed by atoms with E-state index in [1.54, 1.807) is 22.7 Å². The van der Waals surface area contributed by atoms with E-state index in [0.717, 1.165) is 11.4 Å². The fourth-order valence-electron chi connectivity index (χ4n) is 2.27. The summed E-state index contributed by atoms with van der Waals surface area (Å²) < 4.78 is 0. The third kappa shape index (κ3) is 3.40. The van der Waals surface area contributed by atoms with E-state index in [4.69, 9.17) is 0 Å². The summed E-state index contributed by atoms with van der Waals surface area (Å²) in [5, 5.41) is 9.19. The van der Waals surface area contributed by atoms with Crippen LogP contribution in [0.2, 0.25) is 0 Å². The van der Waals surface area contributed by atoms with Crippen LogP contribution < -0.4 is 5.32 Å². The van der Waals surface area contributed by atoms with Crippen molar-refractivity contribution in [2.75, 3.05) is 0 Å². The molecule has 0 fully saturated rings. The fourth-order valence-corrected chi connectivity index (χ4v) is 3.89. The highest BCUT2D eigenvalue weighted by Gasteiger charge is 2.15. The molecular formula is C14H20N2S2. The van der Waals surface area contributed by atoms with Gasteiger partial charge in [0.2, 0.25) is 0 Å². The molecule has 0 radical (unpaired) electrons. The molecule has 0 saturated carbocycles. The first-order chi connectivity index (χ1) is 8.56. The molecule has 2 aromatic rings. The Kier molecular flexibility index (Phi) is 4.54. The van der Waals surface area contributed by atoms with Crippen molar-refractivity contribution in [3.63, 3.8) is 0 Å². The van der Waals surface area contributed by atoms with Crippen LogP contribution in [-0.2, 0) is 6.42 Å². The molecule has 0 aliphatic rings. The number of nitrogens with one attached hydrogen (secondary N) is 1. The molecule has 0 aliphatic carbocycles. The molecule has 2 rings (SSSR count). The Morgan fingerprint density at radius 1 is 1.33 bits per heavy atom. The maximum atomic E-state index is 4.50. The van der Waals surface area contributed by atoms with Crippen molar-refractivity contribution in [3.05, 3.63) is 38.0 Å². The van der Waals surface area contributed by atoms with Gasteiger partial charge in [0.05, 0.1) is 10.7 Å². The summed E-state index contributed by atoms with van der Waals surface area (Å²) in [6, 6.07) is 3.07. The quantitative estimate of drug-likeness (QED) is 0.892. The molecule has 98 valence electrons. The summed E-state index contributed by atoms with van der Waals surface area (Å²) in [6.07, 6.45) is 1.09. The van der Waals surface area contributed by atoms with Gasteiger partial charge in [0.15, 0.2) is 0 Å². The van der Waals surface area contributed by atoms with Crippen molar-refractivity contribution >= 4 is 22.7 Å².